The highest BCUT2D eigenvalue weighted by molar-refractivity contribution is 5.99. The van der Waals surface area contributed by atoms with Crippen LogP contribution in [0.3, 0.4) is 0 Å². The van der Waals surface area contributed by atoms with Crippen molar-refractivity contribution in [3.63, 3.8) is 0 Å². The van der Waals surface area contributed by atoms with E-state index < -0.39 is 58.4 Å². The molecular formula is C22H22F3N3O4. The summed E-state index contributed by atoms with van der Waals surface area (Å²) < 4.78 is 44.2. The maximum Gasteiger partial charge on any atom is 0.274 e. The highest BCUT2D eigenvalue weighted by Gasteiger charge is 2.42. The normalized spacial score (nSPS) is 22.3. The van der Waals surface area contributed by atoms with Crippen molar-refractivity contribution in [3.8, 4) is 5.75 Å². The Morgan fingerprint density at radius 1 is 1.28 bits per heavy atom. The molecule has 2 aliphatic rings. The number of alkyl halides is 1. The molecule has 1 aromatic heterocycles. The van der Waals surface area contributed by atoms with Gasteiger partial charge in [0.1, 0.15) is 22.9 Å². The highest BCUT2D eigenvalue weighted by Crippen LogP contribution is 2.37. The van der Waals surface area contributed by atoms with Gasteiger partial charge < -0.3 is 19.9 Å². The Labute approximate surface area is 181 Å². The molecule has 0 aliphatic carbocycles. The summed E-state index contributed by atoms with van der Waals surface area (Å²) in [6.07, 6.45) is 1.23. The average molecular weight is 449 g/mol. The lowest BCUT2D eigenvalue weighted by atomic mass is 9.96. The van der Waals surface area contributed by atoms with E-state index in [0.717, 1.165) is 18.3 Å². The van der Waals surface area contributed by atoms with Crippen LogP contribution in [0.15, 0.2) is 23.1 Å². The minimum absolute atomic E-state index is 0.0208. The average Bonchev–Trinajstić information content (AvgIpc) is 2.84. The third-order valence-electron chi connectivity index (χ3n) is 6.04. The van der Waals surface area contributed by atoms with Crippen molar-refractivity contribution in [2.24, 2.45) is 0 Å². The fourth-order valence-corrected chi connectivity index (χ4v) is 4.34. The van der Waals surface area contributed by atoms with Crippen molar-refractivity contribution in [2.75, 3.05) is 13.1 Å². The maximum atomic E-state index is 14.8. The van der Waals surface area contributed by atoms with Crippen molar-refractivity contribution in [3.05, 3.63) is 62.6 Å². The lowest BCUT2D eigenvalue weighted by Gasteiger charge is -2.34. The van der Waals surface area contributed by atoms with E-state index >= 15 is 0 Å². The first-order valence-electron chi connectivity index (χ1n) is 10.2. The number of benzene rings is 1. The number of nitrogens with one attached hydrogen (secondary N) is 1. The Hall–Kier alpha value is -3.30. The summed E-state index contributed by atoms with van der Waals surface area (Å²) in [5.41, 5.74) is -3.48. The lowest BCUT2D eigenvalue weighted by molar-refractivity contribution is 0.0677. The zero-order chi connectivity index (χ0) is 23.4. The van der Waals surface area contributed by atoms with Crippen LogP contribution < -0.4 is 10.7 Å². The molecule has 1 fully saturated rings. The maximum absolute atomic E-state index is 14.8. The Bertz CT molecular complexity index is 1170. The molecule has 1 aromatic carbocycles. The molecule has 10 heteroatoms. The van der Waals surface area contributed by atoms with E-state index in [1.165, 1.54) is 23.3 Å². The SMILES string of the molecule is Cc1cc(F)c(CNC(=O)c2cn3c(c(O)c2=O)C(=O)N2CCC(C)(F)CC3C2)c(F)c1. The summed E-state index contributed by atoms with van der Waals surface area (Å²) in [4.78, 5) is 39.4. The third kappa shape index (κ3) is 3.74. The van der Waals surface area contributed by atoms with Crippen LogP contribution in [0.1, 0.15) is 57.8 Å². The monoisotopic (exact) mass is 449 g/mol. The van der Waals surface area contributed by atoms with Gasteiger partial charge in [0.15, 0.2) is 11.4 Å². The fraction of sp³-hybridized carbons (Fsp3) is 0.409. The molecule has 2 aromatic rings. The van der Waals surface area contributed by atoms with Crippen molar-refractivity contribution >= 4 is 11.8 Å². The molecule has 170 valence electrons. The van der Waals surface area contributed by atoms with Gasteiger partial charge in [0.2, 0.25) is 5.43 Å². The molecule has 0 spiro atoms. The summed E-state index contributed by atoms with van der Waals surface area (Å²) >= 11 is 0. The number of fused-ring (bicyclic) bond motifs is 4. The predicted molar refractivity (Wildman–Crippen MR) is 108 cm³/mol. The van der Waals surface area contributed by atoms with E-state index in [4.69, 9.17) is 0 Å². The molecule has 4 rings (SSSR count). The Morgan fingerprint density at radius 2 is 1.94 bits per heavy atom. The standard InChI is InChI=1S/C22H22F3N3O4/c1-11-5-15(23)13(16(24)6-11)8-26-20(31)14-10-28-12-7-22(2,25)3-4-27(9-12)21(32)17(28)19(30)18(14)29/h5-6,10,12,30H,3-4,7-9H2,1-2H3,(H,26,31). The predicted octanol–water partition coefficient (Wildman–Crippen LogP) is 2.59. The van der Waals surface area contributed by atoms with Crippen LogP contribution in [0.4, 0.5) is 13.2 Å². The van der Waals surface area contributed by atoms with E-state index in [-0.39, 0.29) is 37.2 Å². The van der Waals surface area contributed by atoms with Crippen LogP contribution in [-0.4, -0.2) is 45.1 Å². The van der Waals surface area contributed by atoms with Gasteiger partial charge in [-0.05, 0) is 38.0 Å². The number of aromatic nitrogens is 1. The van der Waals surface area contributed by atoms with Crippen molar-refractivity contribution < 1.29 is 27.9 Å². The number of rotatable bonds is 3. The summed E-state index contributed by atoms with van der Waals surface area (Å²) in [6.45, 7) is 2.72. The molecule has 2 unspecified atom stereocenters. The summed E-state index contributed by atoms with van der Waals surface area (Å²) in [5.74, 6) is -4.21. The Kier molecular flexibility index (Phi) is 5.26. The first-order chi connectivity index (χ1) is 15.0. The summed E-state index contributed by atoms with van der Waals surface area (Å²) in [5, 5.41) is 12.7. The largest absolute Gasteiger partial charge is 0.503 e. The van der Waals surface area contributed by atoms with Crippen molar-refractivity contribution in [1.82, 2.24) is 14.8 Å². The Balaban J connectivity index is 1.69. The van der Waals surface area contributed by atoms with Crippen LogP contribution in [0.25, 0.3) is 0 Å². The number of hydrogen-bond acceptors (Lipinski definition) is 4. The van der Waals surface area contributed by atoms with Crippen LogP contribution in [0.2, 0.25) is 0 Å². The van der Waals surface area contributed by atoms with E-state index in [0.29, 0.717) is 5.56 Å². The number of amides is 2. The number of pyridine rings is 1. The molecule has 2 amide bonds. The van der Waals surface area contributed by atoms with Crippen LogP contribution >= 0.6 is 0 Å². The van der Waals surface area contributed by atoms with Gasteiger partial charge in [-0.2, -0.15) is 0 Å². The molecule has 1 saturated heterocycles. The van der Waals surface area contributed by atoms with E-state index in [2.05, 4.69) is 5.32 Å². The second kappa shape index (κ2) is 7.68. The molecule has 2 atom stereocenters. The zero-order valence-electron chi connectivity index (χ0n) is 17.5. The molecular weight excluding hydrogens is 427 g/mol. The Morgan fingerprint density at radius 3 is 2.59 bits per heavy atom. The van der Waals surface area contributed by atoms with E-state index in [1.54, 1.807) is 0 Å². The van der Waals surface area contributed by atoms with Crippen LogP contribution in [0, 0.1) is 18.6 Å². The van der Waals surface area contributed by atoms with Crippen molar-refractivity contribution in [1.29, 1.82) is 0 Å². The zero-order valence-corrected chi connectivity index (χ0v) is 17.5. The first kappa shape index (κ1) is 21.9. The van der Waals surface area contributed by atoms with Crippen LogP contribution in [0.5, 0.6) is 5.75 Å². The molecule has 0 saturated carbocycles. The molecule has 32 heavy (non-hydrogen) atoms. The van der Waals surface area contributed by atoms with Gasteiger partial charge in [-0.15, -0.1) is 0 Å². The first-order valence-corrected chi connectivity index (χ1v) is 10.2. The summed E-state index contributed by atoms with van der Waals surface area (Å²) in [7, 11) is 0. The number of halogens is 3. The van der Waals surface area contributed by atoms with E-state index in [1.807, 2.05) is 0 Å². The number of carbonyl (C=O) groups excluding carboxylic acids is 2. The molecule has 0 radical (unpaired) electrons. The van der Waals surface area contributed by atoms with Gasteiger partial charge in [-0.25, -0.2) is 13.2 Å². The van der Waals surface area contributed by atoms with Gasteiger partial charge in [0.05, 0.1) is 6.04 Å². The van der Waals surface area contributed by atoms with Gasteiger partial charge in [0, 0.05) is 37.8 Å². The van der Waals surface area contributed by atoms with Gasteiger partial charge >= 0.3 is 0 Å². The second-order valence-electron chi connectivity index (χ2n) is 8.64. The number of nitrogens with zero attached hydrogens (tertiary/aromatic N) is 2. The number of aryl methyl sites for hydroxylation is 1. The minimum Gasteiger partial charge on any atom is -0.503 e. The summed E-state index contributed by atoms with van der Waals surface area (Å²) in [6, 6.07) is 1.63. The van der Waals surface area contributed by atoms with Gasteiger partial charge in [-0.1, -0.05) is 0 Å². The number of carbonyl (C=O) groups is 2. The van der Waals surface area contributed by atoms with Gasteiger partial charge in [-0.3, -0.25) is 14.4 Å². The van der Waals surface area contributed by atoms with Crippen molar-refractivity contribution in [2.45, 2.75) is 44.9 Å². The number of aromatic hydroxyl groups is 1. The second-order valence-corrected chi connectivity index (χ2v) is 8.64. The smallest absolute Gasteiger partial charge is 0.274 e. The minimum atomic E-state index is -1.58. The van der Waals surface area contributed by atoms with E-state index in [9.17, 15) is 32.7 Å². The number of hydrogen-bond donors (Lipinski definition) is 2. The quantitative estimate of drug-likeness (QED) is 0.754. The third-order valence-corrected chi connectivity index (χ3v) is 6.04. The molecule has 3 heterocycles. The molecule has 2 N–H and O–H groups in total. The fourth-order valence-electron chi connectivity index (χ4n) is 4.34. The molecule has 2 aliphatic heterocycles. The highest BCUT2D eigenvalue weighted by atomic mass is 19.1. The molecule has 7 nitrogen and oxygen atoms in total. The van der Waals surface area contributed by atoms with Gasteiger partial charge in [0.25, 0.3) is 11.8 Å². The lowest BCUT2D eigenvalue weighted by Crippen LogP contribution is -2.44. The topological polar surface area (TPSA) is 91.6 Å². The molecule has 2 bridgehead atoms. The van der Waals surface area contributed by atoms with Crippen LogP contribution in [-0.2, 0) is 6.54 Å².